The first-order valence-electron chi connectivity index (χ1n) is 6.98. The highest BCUT2D eigenvalue weighted by molar-refractivity contribution is 6.34. The smallest absolute Gasteiger partial charge is 0.337 e. The second kappa shape index (κ2) is 6.29. The number of carboxylic acid groups (broad SMARTS) is 1. The minimum atomic E-state index is -1.17. The van der Waals surface area contributed by atoms with E-state index >= 15 is 0 Å². The van der Waals surface area contributed by atoms with Crippen LogP contribution in [0.25, 0.3) is 10.8 Å². The van der Waals surface area contributed by atoms with Gasteiger partial charge in [-0.2, -0.15) is 0 Å². The average molecular weight is 344 g/mol. The highest BCUT2D eigenvalue weighted by Crippen LogP contribution is 2.26. The van der Waals surface area contributed by atoms with Crippen LogP contribution in [0, 0.1) is 5.82 Å². The summed E-state index contributed by atoms with van der Waals surface area (Å²) in [6.07, 6.45) is 0. The Kier molecular flexibility index (Phi) is 4.18. The van der Waals surface area contributed by atoms with Crippen LogP contribution in [0.4, 0.5) is 10.1 Å². The fraction of sp³-hybridized carbons (Fsp3) is 0. The van der Waals surface area contributed by atoms with Crippen LogP contribution in [0.1, 0.15) is 20.7 Å². The van der Waals surface area contributed by atoms with Crippen LogP contribution in [0.3, 0.4) is 0 Å². The van der Waals surface area contributed by atoms with Gasteiger partial charge in [0.1, 0.15) is 5.82 Å². The fourth-order valence-corrected chi connectivity index (χ4v) is 2.64. The summed E-state index contributed by atoms with van der Waals surface area (Å²) in [6.45, 7) is 0. The van der Waals surface area contributed by atoms with Gasteiger partial charge in [-0.15, -0.1) is 0 Å². The van der Waals surface area contributed by atoms with Crippen LogP contribution >= 0.6 is 11.6 Å². The van der Waals surface area contributed by atoms with Crippen molar-refractivity contribution in [1.29, 1.82) is 0 Å². The first-order valence-corrected chi connectivity index (χ1v) is 7.36. The number of carboxylic acids is 1. The molecule has 120 valence electrons. The minimum Gasteiger partial charge on any atom is -0.478 e. The molecule has 0 aliphatic carbocycles. The number of carbonyl (C=O) groups is 2. The Hall–Kier alpha value is -2.92. The molecule has 0 aromatic heterocycles. The SMILES string of the molecule is O=C(Nc1cc2ccccc2cc1C(=O)O)c1ccc(F)cc1Cl. The molecule has 0 spiro atoms. The molecule has 2 N–H and O–H groups in total. The van der Waals surface area contributed by atoms with E-state index in [0.717, 1.165) is 22.9 Å². The summed E-state index contributed by atoms with van der Waals surface area (Å²) in [4.78, 5) is 23.8. The molecule has 0 atom stereocenters. The van der Waals surface area contributed by atoms with E-state index in [9.17, 15) is 19.1 Å². The number of anilines is 1. The zero-order valence-electron chi connectivity index (χ0n) is 12.2. The number of amides is 1. The number of benzene rings is 3. The lowest BCUT2D eigenvalue weighted by atomic mass is 10.0. The number of hydrogen-bond donors (Lipinski definition) is 2. The van der Waals surface area contributed by atoms with E-state index in [0.29, 0.717) is 0 Å². The standard InChI is InChI=1S/C18H11ClFNO3/c19-15-9-12(20)5-6-13(15)17(22)21-16-8-11-4-2-1-3-10(11)7-14(16)18(23)24/h1-9H,(H,21,22)(H,23,24). The summed E-state index contributed by atoms with van der Waals surface area (Å²) in [5, 5.41) is 13.4. The van der Waals surface area contributed by atoms with Crippen molar-refractivity contribution in [3.63, 3.8) is 0 Å². The number of aromatic carboxylic acids is 1. The summed E-state index contributed by atoms with van der Waals surface area (Å²) in [6, 6.07) is 13.6. The van der Waals surface area contributed by atoms with E-state index in [2.05, 4.69) is 5.32 Å². The molecule has 0 saturated carbocycles. The summed E-state index contributed by atoms with van der Waals surface area (Å²) < 4.78 is 13.1. The first kappa shape index (κ1) is 16.0. The molecule has 0 saturated heterocycles. The predicted molar refractivity (Wildman–Crippen MR) is 90.3 cm³/mol. The van der Waals surface area contributed by atoms with Gasteiger partial charge in [0.05, 0.1) is 21.8 Å². The zero-order chi connectivity index (χ0) is 17.3. The predicted octanol–water partition coefficient (Wildman–Crippen LogP) is 4.58. The molecule has 3 aromatic rings. The van der Waals surface area contributed by atoms with Gasteiger partial charge in [0.25, 0.3) is 5.91 Å². The maximum atomic E-state index is 13.1. The van der Waals surface area contributed by atoms with Crippen molar-refractivity contribution in [3.8, 4) is 0 Å². The lowest BCUT2D eigenvalue weighted by molar-refractivity contribution is 0.0698. The van der Waals surface area contributed by atoms with E-state index in [1.54, 1.807) is 18.2 Å². The van der Waals surface area contributed by atoms with Crippen LogP contribution in [0.2, 0.25) is 5.02 Å². The molecule has 0 unspecified atom stereocenters. The van der Waals surface area contributed by atoms with Gasteiger partial charge in [0, 0.05) is 0 Å². The number of rotatable bonds is 3. The van der Waals surface area contributed by atoms with Gasteiger partial charge in [-0.1, -0.05) is 35.9 Å². The second-order valence-corrected chi connectivity index (χ2v) is 5.54. The number of carbonyl (C=O) groups excluding carboxylic acids is 1. The summed E-state index contributed by atoms with van der Waals surface area (Å²) in [5.74, 6) is -2.34. The lowest BCUT2D eigenvalue weighted by Gasteiger charge is -2.11. The maximum Gasteiger partial charge on any atom is 0.337 e. The number of nitrogens with one attached hydrogen (secondary N) is 1. The molecule has 0 radical (unpaired) electrons. The van der Waals surface area contributed by atoms with Crippen LogP contribution in [0.5, 0.6) is 0 Å². The monoisotopic (exact) mass is 343 g/mol. The Morgan fingerprint density at radius 2 is 1.62 bits per heavy atom. The maximum absolute atomic E-state index is 13.1. The van der Waals surface area contributed by atoms with Gasteiger partial charge in [0.15, 0.2) is 0 Å². The molecule has 6 heteroatoms. The number of halogens is 2. The first-order chi connectivity index (χ1) is 11.5. The summed E-state index contributed by atoms with van der Waals surface area (Å²) >= 11 is 5.87. The third-order valence-electron chi connectivity index (χ3n) is 3.54. The highest BCUT2D eigenvalue weighted by atomic mass is 35.5. The minimum absolute atomic E-state index is 0.0414. The van der Waals surface area contributed by atoms with E-state index in [1.165, 1.54) is 12.1 Å². The zero-order valence-corrected chi connectivity index (χ0v) is 13.0. The Balaban J connectivity index is 2.03. The third kappa shape index (κ3) is 3.07. The van der Waals surface area contributed by atoms with Gasteiger partial charge in [-0.05, 0) is 41.1 Å². The van der Waals surface area contributed by atoms with Gasteiger partial charge in [0.2, 0.25) is 0 Å². The van der Waals surface area contributed by atoms with Crippen LogP contribution in [0.15, 0.2) is 54.6 Å². The van der Waals surface area contributed by atoms with Crippen molar-refractivity contribution >= 4 is 39.9 Å². The van der Waals surface area contributed by atoms with Crippen molar-refractivity contribution in [2.75, 3.05) is 5.32 Å². The molecule has 4 nitrogen and oxygen atoms in total. The Morgan fingerprint density at radius 3 is 2.25 bits per heavy atom. The Morgan fingerprint density at radius 1 is 0.958 bits per heavy atom. The largest absolute Gasteiger partial charge is 0.478 e. The van der Waals surface area contributed by atoms with Gasteiger partial charge >= 0.3 is 5.97 Å². The topological polar surface area (TPSA) is 66.4 Å². The molecule has 24 heavy (non-hydrogen) atoms. The van der Waals surface area contributed by atoms with E-state index in [4.69, 9.17) is 11.6 Å². The van der Waals surface area contributed by atoms with E-state index in [-0.39, 0.29) is 21.8 Å². The molecular formula is C18H11ClFNO3. The van der Waals surface area contributed by atoms with Gasteiger partial charge < -0.3 is 10.4 Å². The Bertz CT molecular complexity index is 972. The fourth-order valence-electron chi connectivity index (χ4n) is 2.38. The number of hydrogen-bond acceptors (Lipinski definition) is 2. The van der Waals surface area contributed by atoms with Crippen LogP contribution in [-0.2, 0) is 0 Å². The van der Waals surface area contributed by atoms with Crippen molar-refractivity contribution in [3.05, 3.63) is 76.6 Å². The van der Waals surface area contributed by atoms with Crippen molar-refractivity contribution in [1.82, 2.24) is 0 Å². The molecule has 0 heterocycles. The quantitative estimate of drug-likeness (QED) is 0.731. The highest BCUT2D eigenvalue weighted by Gasteiger charge is 2.17. The van der Waals surface area contributed by atoms with Crippen molar-refractivity contribution in [2.24, 2.45) is 0 Å². The molecule has 3 rings (SSSR count). The second-order valence-electron chi connectivity index (χ2n) is 5.13. The van der Waals surface area contributed by atoms with Crippen LogP contribution < -0.4 is 5.32 Å². The number of fused-ring (bicyclic) bond motifs is 1. The van der Waals surface area contributed by atoms with Crippen LogP contribution in [-0.4, -0.2) is 17.0 Å². The molecule has 3 aromatic carbocycles. The lowest BCUT2D eigenvalue weighted by Crippen LogP contribution is -2.15. The molecule has 0 aliphatic heterocycles. The average Bonchev–Trinajstić information content (AvgIpc) is 2.53. The van der Waals surface area contributed by atoms with E-state index in [1.807, 2.05) is 12.1 Å². The molecule has 0 bridgehead atoms. The van der Waals surface area contributed by atoms with Gasteiger partial charge in [-0.3, -0.25) is 4.79 Å². The molecule has 1 amide bonds. The van der Waals surface area contributed by atoms with Crippen molar-refractivity contribution < 1.29 is 19.1 Å². The van der Waals surface area contributed by atoms with Gasteiger partial charge in [-0.25, -0.2) is 9.18 Å². The summed E-state index contributed by atoms with van der Waals surface area (Å²) in [7, 11) is 0. The molecule has 0 aliphatic rings. The molecule has 0 fully saturated rings. The normalized spacial score (nSPS) is 10.6. The van der Waals surface area contributed by atoms with Crippen molar-refractivity contribution in [2.45, 2.75) is 0 Å². The van der Waals surface area contributed by atoms with E-state index < -0.39 is 17.7 Å². The summed E-state index contributed by atoms with van der Waals surface area (Å²) in [5.41, 5.74) is 0.162. The molecular weight excluding hydrogens is 333 g/mol. The Labute approximate surface area is 141 Å². The third-order valence-corrected chi connectivity index (χ3v) is 3.85.